The topological polar surface area (TPSA) is 8.17 Å². The molecule has 316 valence electrons. The summed E-state index contributed by atoms with van der Waals surface area (Å²) in [6, 6.07) is 82.9. The second-order valence-electron chi connectivity index (χ2n) is 17.6. The van der Waals surface area contributed by atoms with Crippen molar-refractivity contribution in [2.75, 3.05) is 4.90 Å². The fourth-order valence-electron chi connectivity index (χ4n) is 10.4. The Hall–Kier alpha value is -8.24. The van der Waals surface area contributed by atoms with Crippen LogP contribution in [0.5, 0.6) is 0 Å². The summed E-state index contributed by atoms with van der Waals surface area (Å²) in [5, 5.41) is 7.59. The van der Waals surface area contributed by atoms with Crippen molar-refractivity contribution in [3.05, 3.63) is 254 Å². The quantitative estimate of drug-likeness (QED) is 0.148. The van der Waals surface area contributed by atoms with Gasteiger partial charge < -0.3 is 9.47 Å². The number of hydrogen-bond donors (Lipinski definition) is 0. The Labute approximate surface area is 394 Å². The van der Waals surface area contributed by atoms with Crippen LogP contribution in [0.1, 0.15) is 17.9 Å². The third kappa shape index (κ3) is 6.86. The van der Waals surface area contributed by atoms with Crippen LogP contribution in [0.25, 0.3) is 91.8 Å². The molecule has 12 aromatic rings. The molecule has 0 radical (unpaired) electrons. The molecule has 2 aromatic heterocycles. The number of anilines is 3. The van der Waals surface area contributed by atoms with Gasteiger partial charge in [0.1, 0.15) is 0 Å². The lowest BCUT2D eigenvalue weighted by atomic mass is 9.92. The van der Waals surface area contributed by atoms with E-state index in [2.05, 4.69) is 258 Å². The first kappa shape index (κ1) is 39.2. The van der Waals surface area contributed by atoms with Crippen molar-refractivity contribution in [3.63, 3.8) is 0 Å². The molecule has 0 bridgehead atoms. The molecule has 10 aromatic carbocycles. The predicted octanol–water partition coefficient (Wildman–Crippen LogP) is 18.4. The Morgan fingerprint density at radius 1 is 0.403 bits per heavy atom. The summed E-state index contributed by atoms with van der Waals surface area (Å²) in [6.07, 6.45) is 9.90. The van der Waals surface area contributed by atoms with Gasteiger partial charge in [0, 0.05) is 59.3 Å². The van der Waals surface area contributed by atoms with Gasteiger partial charge in [0.15, 0.2) is 0 Å². The first-order valence-electron chi connectivity index (χ1n) is 23.2. The van der Waals surface area contributed by atoms with Gasteiger partial charge >= 0.3 is 0 Å². The highest BCUT2D eigenvalue weighted by molar-refractivity contribution is 7.25. The van der Waals surface area contributed by atoms with Gasteiger partial charge in [-0.3, -0.25) is 0 Å². The molecule has 2 heterocycles. The number of fused-ring (bicyclic) bond motifs is 7. The summed E-state index contributed by atoms with van der Waals surface area (Å²) in [7, 11) is 0. The number of para-hydroxylation sites is 1. The van der Waals surface area contributed by atoms with Crippen LogP contribution in [-0.2, 0) is 0 Å². The summed E-state index contributed by atoms with van der Waals surface area (Å²) in [5.41, 5.74) is 15.6. The van der Waals surface area contributed by atoms with Crippen LogP contribution in [0.3, 0.4) is 0 Å². The molecule has 67 heavy (non-hydrogen) atoms. The summed E-state index contributed by atoms with van der Waals surface area (Å²) in [6.45, 7) is 0. The van der Waals surface area contributed by atoms with Gasteiger partial charge in [-0.25, -0.2) is 0 Å². The minimum atomic E-state index is 0.393. The number of rotatable bonds is 8. The molecule has 0 saturated carbocycles. The molecule has 0 saturated heterocycles. The zero-order valence-electron chi connectivity index (χ0n) is 36.8. The molecule has 0 aliphatic heterocycles. The maximum absolute atomic E-state index is 2.42. The van der Waals surface area contributed by atoms with Gasteiger partial charge in [0.05, 0.1) is 16.7 Å². The Morgan fingerprint density at radius 2 is 1.01 bits per heavy atom. The maximum Gasteiger partial charge on any atom is 0.0541 e. The molecule has 1 unspecified atom stereocenters. The van der Waals surface area contributed by atoms with Crippen LogP contribution < -0.4 is 4.90 Å². The van der Waals surface area contributed by atoms with E-state index in [9.17, 15) is 0 Å². The molecule has 0 fully saturated rings. The van der Waals surface area contributed by atoms with Crippen molar-refractivity contribution in [2.24, 2.45) is 0 Å². The second-order valence-corrected chi connectivity index (χ2v) is 18.7. The summed E-state index contributed by atoms with van der Waals surface area (Å²) in [5.74, 6) is 0.393. The minimum absolute atomic E-state index is 0.393. The van der Waals surface area contributed by atoms with E-state index in [-0.39, 0.29) is 0 Å². The van der Waals surface area contributed by atoms with E-state index >= 15 is 0 Å². The SMILES string of the molecule is C1=CCC(c2ccc(N(c3ccc(-c4ccc5c(c4)c4ccccc4n5-c4ccc(-c5ccc6c(c5)sc5ccccc56)cc4)cc3)c3ccc(-c4ccccc4)c4ccccc34)cc2)C=C1. The van der Waals surface area contributed by atoms with Gasteiger partial charge in [0.2, 0.25) is 0 Å². The number of hydrogen-bond acceptors (Lipinski definition) is 2. The zero-order valence-corrected chi connectivity index (χ0v) is 37.6. The summed E-state index contributed by atoms with van der Waals surface area (Å²) < 4.78 is 5.07. The fourth-order valence-corrected chi connectivity index (χ4v) is 11.6. The molecule has 0 amide bonds. The van der Waals surface area contributed by atoms with Crippen LogP contribution >= 0.6 is 11.3 Å². The Kier molecular flexibility index (Phi) is 9.54. The maximum atomic E-state index is 2.42. The highest BCUT2D eigenvalue weighted by Crippen LogP contribution is 2.44. The fraction of sp³-hybridized carbons (Fsp3) is 0.0312. The van der Waals surface area contributed by atoms with Crippen LogP contribution in [0.2, 0.25) is 0 Å². The lowest BCUT2D eigenvalue weighted by Gasteiger charge is -2.28. The van der Waals surface area contributed by atoms with E-state index in [1.807, 2.05) is 11.3 Å². The van der Waals surface area contributed by atoms with Crippen LogP contribution in [0, 0.1) is 0 Å². The third-order valence-corrected chi connectivity index (χ3v) is 14.9. The van der Waals surface area contributed by atoms with E-state index in [0.717, 1.165) is 29.2 Å². The van der Waals surface area contributed by atoms with E-state index in [0.29, 0.717) is 5.92 Å². The predicted molar refractivity (Wildman–Crippen MR) is 288 cm³/mol. The average Bonchev–Trinajstić information content (AvgIpc) is 3.95. The highest BCUT2D eigenvalue weighted by Gasteiger charge is 2.20. The molecule has 1 atom stereocenters. The monoisotopic (exact) mass is 872 g/mol. The Bertz CT molecular complexity index is 3870. The molecule has 0 spiro atoms. The summed E-state index contributed by atoms with van der Waals surface area (Å²) in [4.78, 5) is 2.42. The molecule has 13 rings (SSSR count). The second kappa shape index (κ2) is 16.3. The molecule has 2 nitrogen and oxygen atoms in total. The van der Waals surface area contributed by atoms with Crippen molar-refractivity contribution < 1.29 is 0 Å². The normalized spacial score (nSPS) is 13.6. The van der Waals surface area contributed by atoms with Crippen molar-refractivity contribution in [2.45, 2.75) is 12.3 Å². The smallest absolute Gasteiger partial charge is 0.0541 e. The largest absolute Gasteiger partial charge is 0.310 e. The Morgan fingerprint density at radius 3 is 1.79 bits per heavy atom. The van der Waals surface area contributed by atoms with Gasteiger partial charge in [0.25, 0.3) is 0 Å². The molecule has 0 N–H and O–H groups in total. The molecular weight excluding hydrogens is 829 g/mol. The van der Waals surface area contributed by atoms with Crippen LogP contribution in [-0.4, -0.2) is 4.57 Å². The van der Waals surface area contributed by atoms with Crippen molar-refractivity contribution in [1.29, 1.82) is 0 Å². The number of aromatic nitrogens is 1. The molecule has 1 aliphatic rings. The standard InChI is InChI=1S/C64H44N2S/c1-3-13-43(14-4-1)44-23-31-50(32-24-44)65(61-40-38-53(47-15-5-2-6-16-47)54-17-7-8-18-55(54)61)51-33-25-45(26-34-51)48-30-39-62-59(41-48)56-19-9-11-21-60(56)66(62)52-35-27-46(28-36-52)49-29-37-58-57-20-10-12-22-63(57)67-64(58)42-49/h1-13,15-43H,14H2. The molecular formula is C64H44N2S. The lowest BCUT2D eigenvalue weighted by Crippen LogP contribution is -2.11. The van der Waals surface area contributed by atoms with Gasteiger partial charge in [-0.05, 0) is 124 Å². The zero-order chi connectivity index (χ0) is 44.3. The summed E-state index contributed by atoms with van der Waals surface area (Å²) >= 11 is 1.87. The Balaban J connectivity index is 0.864. The van der Waals surface area contributed by atoms with Crippen molar-refractivity contribution in [3.8, 4) is 39.1 Å². The van der Waals surface area contributed by atoms with Crippen LogP contribution in [0.4, 0.5) is 17.1 Å². The van der Waals surface area contributed by atoms with Gasteiger partial charge in [-0.1, -0.05) is 176 Å². The number of allylic oxidation sites excluding steroid dienone is 4. The first-order chi connectivity index (χ1) is 33.2. The highest BCUT2D eigenvalue weighted by atomic mass is 32.1. The van der Waals surface area contributed by atoms with E-state index < -0.39 is 0 Å². The van der Waals surface area contributed by atoms with Gasteiger partial charge in [-0.2, -0.15) is 0 Å². The molecule has 3 heteroatoms. The van der Waals surface area contributed by atoms with Crippen LogP contribution in [0.15, 0.2) is 249 Å². The van der Waals surface area contributed by atoms with Crippen molar-refractivity contribution >= 4 is 81.1 Å². The van der Waals surface area contributed by atoms with Crippen molar-refractivity contribution in [1.82, 2.24) is 4.57 Å². The van der Waals surface area contributed by atoms with E-state index in [4.69, 9.17) is 0 Å². The van der Waals surface area contributed by atoms with E-state index in [1.54, 1.807) is 0 Å². The number of nitrogens with zero attached hydrogens (tertiary/aromatic N) is 2. The minimum Gasteiger partial charge on any atom is -0.310 e. The number of thiophene rings is 1. The number of benzene rings is 10. The van der Waals surface area contributed by atoms with E-state index in [1.165, 1.54) is 91.7 Å². The lowest BCUT2D eigenvalue weighted by molar-refractivity contribution is 0.854. The first-order valence-corrected chi connectivity index (χ1v) is 24.0. The third-order valence-electron chi connectivity index (χ3n) is 13.8. The molecule has 1 aliphatic carbocycles. The van der Waals surface area contributed by atoms with Gasteiger partial charge in [-0.15, -0.1) is 11.3 Å². The average molecular weight is 873 g/mol.